The van der Waals surface area contributed by atoms with Crippen molar-refractivity contribution in [3.05, 3.63) is 80.3 Å². The number of halogens is 1. The van der Waals surface area contributed by atoms with Gasteiger partial charge in [-0.05, 0) is 64.1 Å². The Morgan fingerprint density at radius 2 is 1.52 bits per heavy atom. The third-order valence-corrected chi connectivity index (χ3v) is 12.2. The Bertz CT molecular complexity index is 2750. The fraction of sp³-hybridized carbons (Fsp3) is 0.381. The number of thiazole rings is 1. The zero-order valence-electron chi connectivity index (χ0n) is 35.4. The van der Waals surface area contributed by atoms with Gasteiger partial charge in [-0.2, -0.15) is 5.10 Å². The number of nitrogens with zero attached hydrogens (tertiary/aromatic N) is 8. The summed E-state index contributed by atoms with van der Waals surface area (Å²) >= 11 is 2.60. The van der Waals surface area contributed by atoms with E-state index in [1.54, 1.807) is 34.3 Å². The molecule has 6 aromatic rings. The van der Waals surface area contributed by atoms with Gasteiger partial charge in [0.2, 0.25) is 11.9 Å². The minimum absolute atomic E-state index is 0.000238. The molecule has 1 aliphatic rings. The van der Waals surface area contributed by atoms with E-state index >= 15 is 4.39 Å². The van der Waals surface area contributed by atoms with Crippen LogP contribution in [0, 0.1) is 19.7 Å². The number of carboxylic acids is 2. The summed E-state index contributed by atoms with van der Waals surface area (Å²) in [6.07, 6.45) is 6.60. The van der Waals surface area contributed by atoms with Crippen LogP contribution in [0.1, 0.15) is 77.5 Å². The van der Waals surface area contributed by atoms with Crippen molar-refractivity contribution < 1.29 is 43.3 Å². The molecule has 0 spiro atoms. The van der Waals surface area contributed by atoms with E-state index in [1.165, 1.54) is 52.9 Å². The van der Waals surface area contributed by atoms with Crippen LogP contribution in [0.5, 0.6) is 5.75 Å². The normalized spacial score (nSPS) is 13.4. The quantitative estimate of drug-likeness (QED) is 0.0419. The molecular formula is C42H47FN10O8S2. The maximum atomic E-state index is 15.3. The first-order chi connectivity index (χ1) is 30.3. The van der Waals surface area contributed by atoms with Gasteiger partial charge in [-0.25, -0.2) is 28.9 Å². The molecule has 63 heavy (non-hydrogen) atoms. The Balaban J connectivity index is 1.26. The number of morpholine rings is 1. The largest absolute Gasteiger partial charge is 0.491 e. The van der Waals surface area contributed by atoms with Crippen molar-refractivity contribution in [3.8, 4) is 5.75 Å². The van der Waals surface area contributed by atoms with E-state index in [4.69, 9.17) is 14.5 Å². The third-order valence-electron chi connectivity index (χ3n) is 10.4. The number of fused-ring (bicyclic) bond motifs is 2. The molecule has 5 heterocycles. The zero-order valence-corrected chi connectivity index (χ0v) is 37.0. The monoisotopic (exact) mass is 902 g/mol. The van der Waals surface area contributed by atoms with Crippen LogP contribution in [0.3, 0.4) is 0 Å². The van der Waals surface area contributed by atoms with Gasteiger partial charge in [-0.3, -0.25) is 29.8 Å². The standard InChI is InChI=1S/C42H47FN10O8S2/c1-6-27-36(63-24(4)44-27)38(55)48-42-46-29-20-26(40(58)59)22-31(62-5)34(29)52(42)13-9-8-12-51-33-28(45-41(51)47-37(54)35-32(43)23(3)49-53(35)7-2)19-25(39(56)57)21-30(33)61-16-10-11-50-14-17-60-18-15-50/h8-9,19-22H,6-7,10-18H2,1-5H3,(H,56,57)(H,58,59)(H,45,47,54)(H,46,48,55)/b9-8+. The molecule has 7 rings (SSSR count). The number of allylic oxidation sites excluding steroid dienone is 2. The lowest BCUT2D eigenvalue weighted by molar-refractivity contribution is 0.0358. The first-order valence-corrected chi connectivity index (χ1v) is 22.3. The number of anilines is 2. The fourth-order valence-corrected chi connectivity index (χ4v) is 8.94. The molecule has 0 saturated carbocycles. The number of amides is 2. The van der Waals surface area contributed by atoms with Crippen molar-refractivity contribution in [1.29, 1.82) is 0 Å². The maximum Gasteiger partial charge on any atom is 0.335 e. The molecule has 0 unspecified atom stereocenters. The maximum absolute atomic E-state index is 15.3. The van der Waals surface area contributed by atoms with Crippen LogP contribution in [0.2, 0.25) is 0 Å². The Morgan fingerprint density at radius 3 is 2.14 bits per heavy atom. The molecule has 1 fully saturated rings. The lowest BCUT2D eigenvalue weighted by Crippen LogP contribution is -2.37. The molecule has 1 saturated heterocycles. The highest BCUT2D eigenvalue weighted by atomic mass is 32.2. The number of aromatic carboxylic acids is 2. The van der Waals surface area contributed by atoms with E-state index in [-0.39, 0.29) is 71.9 Å². The number of carboxylic acid groups (broad SMARTS) is 2. The first-order valence-electron chi connectivity index (χ1n) is 20.3. The lowest BCUT2D eigenvalue weighted by atomic mass is 10.2. The van der Waals surface area contributed by atoms with Gasteiger partial charge in [0.25, 0.3) is 11.8 Å². The number of rotatable bonds is 18. The number of benzene rings is 2. The van der Waals surface area contributed by atoms with E-state index < -0.39 is 29.6 Å². The highest BCUT2D eigenvalue weighted by Gasteiger charge is 2.26. The molecule has 4 N–H and O–H groups in total. The van der Waals surface area contributed by atoms with E-state index in [0.29, 0.717) is 58.1 Å². The zero-order chi connectivity index (χ0) is 44.9. The van der Waals surface area contributed by atoms with Crippen molar-refractivity contribution in [3.63, 3.8) is 0 Å². The summed E-state index contributed by atoms with van der Waals surface area (Å²) in [5.41, 5.74) is 1.96. The van der Waals surface area contributed by atoms with Gasteiger partial charge in [0.05, 0.1) is 63.9 Å². The summed E-state index contributed by atoms with van der Waals surface area (Å²) in [5.74, 6) is -3.90. The number of carbonyl (C=O) groups is 4. The number of thioether (sulfide) groups is 1. The number of imidazole rings is 2. The molecule has 21 heteroatoms. The molecule has 332 valence electrons. The number of nitrogens with one attached hydrogen (secondary N) is 2. The lowest BCUT2D eigenvalue weighted by Gasteiger charge is -2.26. The van der Waals surface area contributed by atoms with Gasteiger partial charge in [-0.15, -0.1) is 23.1 Å². The van der Waals surface area contributed by atoms with E-state index in [2.05, 4.69) is 30.6 Å². The molecule has 0 bridgehead atoms. The molecule has 0 atom stereocenters. The second kappa shape index (κ2) is 19.5. The molecule has 4 aromatic heterocycles. The number of ether oxygens (including phenoxy) is 2. The average Bonchev–Trinajstić information content (AvgIpc) is 4.01. The summed E-state index contributed by atoms with van der Waals surface area (Å²) in [6, 6.07) is 5.81. The minimum Gasteiger partial charge on any atom is -0.491 e. The van der Waals surface area contributed by atoms with E-state index in [0.717, 1.165) is 24.6 Å². The topological polar surface area (TPSA) is 221 Å². The van der Waals surface area contributed by atoms with Gasteiger partial charge in [0.1, 0.15) is 16.1 Å². The number of aromatic nitrogens is 7. The molecule has 18 nitrogen and oxygen atoms in total. The Morgan fingerprint density at radius 1 is 0.905 bits per heavy atom. The highest BCUT2D eigenvalue weighted by molar-refractivity contribution is 7.98. The van der Waals surface area contributed by atoms with Crippen molar-refractivity contribution in [2.45, 2.75) is 65.1 Å². The van der Waals surface area contributed by atoms with Crippen LogP contribution in [0.25, 0.3) is 22.1 Å². The first kappa shape index (κ1) is 44.9. The average molecular weight is 903 g/mol. The molecule has 1 aliphatic heterocycles. The molecule has 0 radical (unpaired) electrons. The van der Waals surface area contributed by atoms with Gasteiger partial charge >= 0.3 is 11.9 Å². The van der Waals surface area contributed by atoms with Crippen LogP contribution in [-0.4, -0.2) is 118 Å². The Labute approximate surface area is 369 Å². The Kier molecular flexibility index (Phi) is 13.9. The SMILES string of the molecule is CCc1nc(C)sc1C(=O)Nc1nc2cc(C(=O)O)cc(SC)c2n1C/C=C/Cn1c(NC(=O)c2c(F)c(C)nn2CC)nc2cc(C(=O)O)cc(OCCCN3CCOCC3)c21. The van der Waals surface area contributed by atoms with Gasteiger partial charge < -0.3 is 28.8 Å². The third kappa shape index (κ3) is 9.60. The van der Waals surface area contributed by atoms with Gasteiger partial charge in [0.15, 0.2) is 11.5 Å². The second-order valence-corrected chi connectivity index (χ2v) is 16.6. The summed E-state index contributed by atoms with van der Waals surface area (Å²) in [4.78, 5) is 69.0. The number of hydrogen-bond donors (Lipinski definition) is 4. The highest BCUT2D eigenvalue weighted by Crippen LogP contribution is 2.34. The van der Waals surface area contributed by atoms with Crippen LogP contribution < -0.4 is 15.4 Å². The summed E-state index contributed by atoms with van der Waals surface area (Å²) in [7, 11) is 0. The summed E-state index contributed by atoms with van der Waals surface area (Å²) in [5, 5.41) is 30.5. The summed E-state index contributed by atoms with van der Waals surface area (Å²) in [6.45, 7) is 11.3. The van der Waals surface area contributed by atoms with Crippen LogP contribution >= 0.6 is 23.1 Å². The minimum atomic E-state index is -1.20. The van der Waals surface area contributed by atoms with E-state index in [9.17, 15) is 29.4 Å². The van der Waals surface area contributed by atoms with Crippen LogP contribution in [0.15, 0.2) is 41.3 Å². The Hall–Kier alpha value is -6.16. The fourth-order valence-electron chi connectivity index (χ4n) is 7.39. The predicted molar refractivity (Wildman–Crippen MR) is 236 cm³/mol. The van der Waals surface area contributed by atoms with Crippen molar-refractivity contribution in [1.82, 2.24) is 38.8 Å². The molecule has 2 aromatic carbocycles. The predicted octanol–water partition coefficient (Wildman–Crippen LogP) is 6.36. The number of aryl methyl sites for hydroxylation is 4. The number of carbonyl (C=O) groups excluding carboxylic acids is 2. The molecule has 0 aliphatic carbocycles. The van der Waals surface area contributed by atoms with Crippen molar-refractivity contribution in [2.24, 2.45) is 0 Å². The van der Waals surface area contributed by atoms with Crippen molar-refractivity contribution in [2.75, 3.05) is 56.3 Å². The second-order valence-electron chi connectivity index (χ2n) is 14.6. The van der Waals surface area contributed by atoms with Crippen molar-refractivity contribution >= 4 is 80.8 Å². The molecular weight excluding hydrogens is 856 g/mol. The van der Waals surface area contributed by atoms with E-state index in [1.807, 2.05) is 20.1 Å². The smallest absolute Gasteiger partial charge is 0.335 e. The van der Waals surface area contributed by atoms with Gasteiger partial charge in [-0.1, -0.05) is 19.1 Å². The van der Waals surface area contributed by atoms with Crippen LogP contribution in [-0.2, 0) is 30.8 Å². The van der Waals surface area contributed by atoms with Gasteiger partial charge in [0, 0.05) is 44.2 Å². The van der Waals surface area contributed by atoms with Crippen LogP contribution in [0.4, 0.5) is 16.3 Å². The molecule has 2 amide bonds. The number of hydrogen-bond acceptors (Lipinski definition) is 13. The summed E-state index contributed by atoms with van der Waals surface area (Å²) < 4.78 is 31.7.